The van der Waals surface area contributed by atoms with E-state index in [0.29, 0.717) is 5.92 Å². The average Bonchev–Trinajstić information content (AvgIpc) is 3.18. The van der Waals surface area contributed by atoms with Gasteiger partial charge in [-0.15, -0.1) is 16.4 Å². The number of piperidine rings is 1. The van der Waals surface area contributed by atoms with E-state index in [2.05, 4.69) is 21.5 Å². The molecule has 1 unspecified atom stereocenters. The number of aromatic nitrogens is 3. The first-order valence-electron chi connectivity index (χ1n) is 7.29. The van der Waals surface area contributed by atoms with Crippen molar-refractivity contribution in [1.82, 2.24) is 19.5 Å². The predicted molar refractivity (Wildman–Crippen MR) is 83.9 cm³/mol. The van der Waals surface area contributed by atoms with Crippen molar-refractivity contribution in [3.05, 3.63) is 27.2 Å². The molecule has 2 aromatic heterocycles. The van der Waals surface area contributed by atoms with Gasteiger partial charge in [0.05, 0.1) is 10.7 Å². The van der Waals surface area contributed by atoms with Crippen molar-refractivity contribution in [2.45, 2.75) is 38.5 Å². The smallest absolute Gasteiger partial charge is 0.267 e. The van der Waals surface area contributed by atoms with Gasteiger partial charge in [-0.1, -0.05) is 17.8 Å². The third-order valence-electron chi connectivity index (χ3n) is 3.75. The van der Waals surface area contributed by atoms with Crippen molar-refractivity contribution in [3.8, 4) is 0 Å². The number of aryl methyl sites for hydroxylation is 1. The summed E-state index contributed by atoms with van der Waals surface area (Å²) < 4.78 is 3.96. The van der Waals surface area contributed by atoms with Gasteiger partial charge in [0.15, 0.2) is 0 Å². The van der Waals surface area contributed by atoms with E-state index in [9.17, 15) is 4.79 Å². The number of nitrogens with zero attached hydrogens (tertiary/aromatic N) is 4. The second kappa shape index (κ2) is 6.62. The largest absolute Gasteiger partial charge is 0.337 e. The van der Waals surface area contributed by atoms with Gasteiger partial charge < -0.3 is 4.90 Å². The van der Waals surface area contributed by atoms with Gasteiger partial charge in [0.25, 0.3) is 5.91 Å². The Hall–Kier alpha value is -1.34. The first-order valence-corrected chi connectivity index (χ1v) is 8.94. The summed E-state index contributed by atoms with van der Waals surface area (Å²) in [6.45, 7) is 3.67. The highest BCUT2D eigenvalue weighted by Gasteiger charge is 2.29. The van der Waals surface area contributed by atoms with Crippen LogP contribution in [0.5, 0.6) is 0 Å². The minimum Gasteiger partial charge on any atom is -0.337 e. The number of amides is 1. The monoisotopic (exact) mass is 322 g/mol. The van der Waals surface area contributed by atoms with Gasteiger partial charge in [-0.2, -0.15) is 0 Å². The molecule has 1 saturated heterocycles. The predicted octanol–water partition coefficient (Wildman–Crippen LogP) is 2.97. The third-order valence-corrected chi connectivity index (χ3v) is 5.44. The van der Waals surface area contributed by atoms with Crippen LogP contribution in [-0.4, -0.2) is 38.5 Å². The summed E-state index contributed by atoms with van der Waals surface area (Å²) in [4.78, 5) is 19.8. The summed E-state index contributed by atoms with van der Waals surface area (Å²) in [5.41, 5.74) is 0.851. The van der Waals surface area contributed by atoms with Crippen LogP contribution in [0.4, 0.5) is 0 Å². The molecule has 0 aliphatic carbocycles. The Morgan fingerprint density at radius 2 is 2.43 bits per heavy atom. The number of thiazole rings is 1. The number of carbonyl (C=O) groups is 1. The van der Waals surface area contributed by atoms with Crippen molar-refractivity contribution in [1.29, 1.82) is 0 Å². The second-order valence-electron chi connectivity index (χ2n) is 5.26. The van der Waals surface area contributed by atoms with Gasteiger partial charge in [0, 0.05) is 30.6 Å². The Morgan fingerprint density at radius 1 is 1.52 bits per heavy atom. The zero-order valence-electron chi connectivity index (χ0n) is 12.0. The van der Waals surface area contributed by atoms with Crippen LogP contribution in [0, 0.1) is 0 Å². The normalized spacial score (nSPS) is 18.9. The molecule has 7 heteroatoms. The highest BCUT2D eigenvalue weighted by molar-refractivity contribution is 7.09. The van der Waals surface area contributed by atoms with Crippen LogP contribution in [0.15, 0.2) is 11.6 Å². The van der Waals surface area contributed by atoms with E-state index in [0.717, 1.165) is 54.4 Å². The molecule has 1 aliphatic rings. The lowest BCUT2D eigenvalue weighted by molar-refractivity contribution is 0.0710. The minimum atomic E-state index is 0.0923. The molecule has 0 spiro atoms. The van der Waals surface area contributed by atoms with Gasteiger partial charge in [-0.25, -0.2) is 4.98 Å². The SMILES string of the molecule is CCCc1nnsc1C(=O)N1CCCC(c2nccs2)C1. The fourth-order valence-corrected chi connectivity index (χ4v) is 4.16. The summed E-state index contributed by atoms with van der Waals surface area (Å²) >= 11 is 2.91. The molecule has 1 atom stereocenters. The molecule has 1 fully saturated rings. The fraction of sp³-hybridized carbons (Fsp3) is 0.571. The van der Waals surface area contributed by atoms with Crippen LogP contribution >= 0.6 is 22.9 Å². The van der Waals surface area contributed by atoms with Crippen molar-refractivity contribution in [3.63, 3.8) is 0 Å². The second-order valence-corrected chi connectivity index (χ2v) is 6.94. The number of likely N-dealkylation sites (tertiary alicyclic amines) is 1. The zero-order valence-corrected chi connectivity index (χ0v) is 13.6. The molecular formula is C14H18N4OS2. The molecule has 112 valence electrons. The van der Waals surface area contributed by atoms with Crippen LogP contribution < -0.4 is 0 Å². The van der Waals surface area contributed by atoms with Crippen LogP contribution in [0.25, 0.3) is 0 Å². The summed E-state index contributed by atoms with van der Waals surface area (Å²) in [6.07, 6.45) is 5.79. The summed E-state index contributed by atoms with van der Waals surface area (Å²) in [7, 11) is 0. The summed E-state index contributed by atoms with van der Waals surface area (Å²) in [6, 6.07) is 0. The standard InChI is InChI=1S/C14H18N4OS2/c1-2-4-11-12(21-17-16-11)14(19)18-7-3-5-10(9-18)13-15-6-8-20-13/h6,8,10H,2-5,7,9H2,1H3. The lowest BCUT2D eigenvalue weighted by Gasteiger charge is -2.31. The first kappa shape index (κ1) is 14.6. The Kier molecular flexibility index (Phi) is 4.60. The highest BCUT2D eigenvalue weighted by Crippen LogP contribution is 2.29. The lowest BCUT2D eigenvalue weighted by Crippen LogP contribution is -2.39. The molecule has 3 heterocycles. The van der Waals surface area contributed by atoms with Gasteiger partial charge >= 0.3 is 0 Å². The average molecular weight is 322 g/mol. The maximum Gasteiger partial charge on any atom is 0.267 e. The highest BCUT2D eigenvalue weighted by atomic mass is 32.1. The molecule has 21 heavy (non-hydrogen) atoms. The molecule has 1 amide bonds. The zero-order chi connectivity index (χ0) is 14.7. The Morgan fingerprint density at radius 3 is 3.19 bits per heavy atom. The Bertz CT molecular complexity index is 596. The Labute approximate surface area is 132 Å². The molecule has 3 rings (SSSR count). The number of rotatable bonds is 4. The maximum atomic E-state index is 12.7. The van der Waals surface area contributed by atoms with Crippen LogP contribution in [-0.2, 0) is 6.42 Å². The maximum absolute atomic E-state index is 12.7. The molecule has 0 radical (unpaired) electrons. The van der Waals surface area contributed by atoms with E-state index in [1.165, 1.54) is 11.5 Å². The minimum absolute atomic E-state index is 0.0923. The molecule has 0 aromatic carbocycles. The molecule has 2 aromatic rings. The molecule has 5 nitrogen and oxygen atoms in total. The summed E-state index contributed by atoms with van der Waals surface area (Å²) in [5, 5.41) is 7.25. The summed E-state index contributed by atoms with van der Waals surface area (Å²) in [5.74, 6) is 0.466. The lowest BCUT2D eigenvalue weighted by atomic mass is 9.98. The molecular weight excluding hydrogens is 304 g/mol. The number of hydrogen-bond acceptors (Lipinski definition) is 6. The van der Waals surface area contributed by atoms with Gasteiger partial charge in [-0.05, 0) is 30.8 Å². The van der Waals surface area contributed by atoms with Gasteiger partial charge in [0.1, 0.15) is 4.88 Å². The van der Waals surface area contributed by atoms with E-state index < -0.39 is 0 Å². The van der Waals surface area contributed by atoms with E-state index in [1.54, 1.807) is 11.3 Å². The number of hydrogen-bond donors (Lipinski definition) is 0. The quantitative estimate of drug-likeness (QED) is 0.868. The third kappa shape index (κ3) is 3.13. The number of carbonyl (C=O) groups excluding carboxylic acids is 1. The van der Waals surface area contributed by atoms with Crippen molar-refractivity contribution in [2.75, 3.05) is 13.1 Å². The van der Waals surface area contributed by atoms with Crippen molar-refractivity contribution in [2.24, 2.45) is 0 Å². The van der Waals surface area contributed by atoms with Gasteiger partial charge in [-0.3, -0.25) is 4.79 Å². The first-order chi connectivity index (χ1) is 10.3. The Balaban J connectivity index is 1.73. The van der Waals surface area contributed by atoms with Crippen molar-refractivity contribution >= 4 is 28.8 Å². The van der Waals surface area contributed by atoms with E-state index in [4.69, 9.17) is 0 Å². The topological polar surface area (TPSA) is 59.0 Å². The fourth-order valence-electron chi connectivity index (χ4n) is 2.71. The van der Waals surface area contributed by atoms with E-state index in [-0.39, 0.29) is 5.91 Å². The molecule has 0 bridgehead atoms. The van der Waals surface area contributed by atoms with Crippen LogP contribution in [0.2, 0.25) is 0 Å². The molecule has 0 N–H and O–H groups in total. The van der Waals surface area contributed by atoms with Gasteiger partial charge in [0.2, 0.25) is 0 Å². The van der Waals surface area contributed by atoms with Crippen LogP contribution in [0.1, 0.15) is 52.5 Å². The molecule has 1 aliphatic heterocycles. The van der Waals surface area contributed by atoms with E-state index >= 15 is 0 Å². The van der Waals surface area contributed by atoms with E-state index in [1.807, 2.05) is 16.5 Å². The van der Waals surface area contributed by atoms with Crippen LogP contribution in [0.3, 0.4) is 0 Å². The molecule has 0 saturated carbocycles. The van der Waals surface area contributed by atoms with Crippen molar-refractivity contribution < 1.29 is 4.79 Å².